The third-order valence-electron chi connectivity index (χ3n) is 6.20. The van der Waals surface area contributed by atoms with Crippen LogP contribution >= 0.6 is 31.9 Å². The van der Waals surface area contributed by atoms with Crippen molar-refractivity contribution >= 4 is 55.0 Å². The molecule has 2 aliphatic rings. The topological polar surface area (TPSA) is 73.4 Å². The molecule has 4 rings (SSSR count). The number of benzene rings is 2. The number of rotatable bonds is 3. The summed E-state index contributed by atoms with van der Waals surface area (Å²) in [6.45, 7) is 3.81. The highest BCUT2D eigenvalue weighted by Crippen LogP contribution is 2.54. The Morgan fingerprint density at radius 1 is 1.07 bits per heavy atom. The number of hydrogen-bond donors (Lipinski definition) is 2. The van der Waals surface area contributed by atoms with E-state index in [4.69, 9.17) is 11.1 Å². The molecule has 1 spiro atoms. The molecule has 2 aromatic carbocycles. The van der Waals surface area contributed by atoms with E-state index in [9.17, 15) is 4.79 Å². The molecule has 2 aliphatic heterocycles. The molecule has 0 aliphatic carbocycles. The minimum atomic E-state index is -0.142. The van der Waals surface area contributed by atoms with Gasteiger partial charge in [0.1, 0.15) is 0 Å². The van der Waals surface area contributed by atoms with Gasteiger partial charge in [0.25, 0.3) is 0 Å². The SMILES string of the molecule is CC(=O)N1CCC2(CC1)c1cc(Br)ccc1N(CCC(=N)N)c1ccc(Br)cc12. The van der Waals surface area contributed by atoms with Gasteiger partial charge in [0.15, 0.2) is 0 Å². The van der Waals surface area contributed by atoms with Crippen molar-refractivity contribution in [2.75, 3.05) is 24.5 Å². The maximum absolute atomic E-state index is 11.9. The van der Waals surface area contributed by atoms with Crippen LogP contribution in [0, 0.1) is 5.41 Å². The summed E-state index contributed by atoms with van der Waals surface area (Å²) in [6, 6.07) is 12.9. The van der Waals surface area contributed by atoms with Gasteiger partial charge in [-0.05, 0) is 60.4 Å². The first-order chi connectivity index (χ1) is 13.8. The molecular formula is C22H24Br2N4O. The van der Waals surface area contributed by atoms with Gasteiger partial charge in [0.05, 0.1) is 5.84 Å². The quantitative estimate of drug-likeness (QED) is 0.446. The van der Waals surface area contributed by atoms with Crippen molar-refractivity contribution in [3.63, 3.8) is 0 Å². The number of amides is 1. The third kappa shape index (κ3) is 3.59. The fourth-order valence-corrected chi connectivity index (χ4v) is 5.47. The number of piperidine rings is 1. The van der Waals surface area contributed by atoms with Crippen LogP contribution in [0.4, 0.5) is 11.4 Å². The first-order valence-electron chi connectivity index (χ1n) is 9.78. The predicted molar refractivity (Wildman–Crippen MR) is 124 cm³/mol. The molecule has 1 amide bonds. The Balaban J connectivity index is 1.88. The van der Waals surface area contributed by atoms with Crippen LogP contribution in [0.3, 0.4) is 0 Å². The average Bonchev–Trinajstić information content (AvgIpc) is 2.69. The number of carbonyl (C=O) groups excluding carboxylic acids is 1. The first-order valence-corrected chi connectivity index (χ1v) is 11.4. The highest BCUT2D eigenvalue weighted by molar-refractivity contribution is 9.10. The molecule has 29 heavy (non-hydrogen) atoms. The van der Waals surface area contributed by atoms with E-state index < -0.39 is 0 Å². The van der Waals surface area contributed by atoms with E-state index in [2.05, 4.69) is 73.2 Å². The standard InChI is InChI=1S/C22H24Br2N4O/c1-14(29)27-10-7-22(8-11-27)17-12-15(23)2-4-19(17)28(9-6-21(25)26)20-5-3-16(24)13-18(20)22/h2-5,12-13H,6-11H2,1H3,(H3,25,26). The Hall–Kier alpha value is -1.86. The molecule has 2 heterocycles. The van der Waals surface area contributed by atoms with E-state index in [0.717, 1.165) is 34.9 Å². The van der Waals surface area contributed by atoms with Crippen LogP contribution in [0.25, 0.3) is 0 Å². The van der Waals surface area contributed by atoms with Crippen LogP contribution in [-0.2, 0) is 10.2 Å². The molecule has 5 nitrogen and oxygen atoms in total. The van der Waals surface area contributed by atoms with E-state index in [1.807, 2.05) is 4.90 Å². The maximum atomic E-state index is 11.9. The van der Waals surface area contributed by atoms with Gasteiger partial charge in [-0.3, -0.25) is 10.2 Å². The molecule has 0 unspecified atom stereocenters. The van der Waals surface area contributed by atoms with Gasteiger partial charge in [-0.1, -0.05) is 31.9 Å². The van der Waals surface area contributed by atoms with Gasteiger partial charge in [-0.15, -0.1) is 0 Å². The van der Waals surface area contributed by atoms with E-state index in [0.29, 0.717) is 13.0 Å². The molecule has 1 fully saturated rings. The van der Waals surface area contributed by atoms with Crippen LogP contribution < -0.4 is 10.6 Å². The Morgan fingerprint density at radius 2 is 1.59 bits per heavy atom. The maximum Gasteiger partial charge on any atom is 0.219 e. The number of nitrogens with zero attached hydrogens (tertiary/aromatic N) is 2. The predicted octanol–water partition coefficient (Wildman–Crippen LogP) is 4.92. The Labute approximate surface area is 188 Å². The fraction of sp³-hybridized carbons (Fsp3) is 0.364. The zero-order valence-corrected chi connectivity index (χ0v) is 19.5. The van der Waals surface area contributed by atoms with Crippen LogP contribution in [0.15, 0.2) is 45.3 Å². The molecule has 7 heteroatoms. The van der Waals surface area contributed by atoms with Crippen molar-refractivity contribution in [2.45, 2.75) is 31.6 Å². The lowest BCUT2D eigenvalue weighted by molar-refractivity contribution is -0.130. The van der Waals surface area contributed by atoms with Crippen molar-refractivity contribution in [1.82, 2.24) is 4.90 Å². The van der Waals surface area contributed by atoms with Crippen molar-refractivity contribution in [3.05, 3.63) is 56.5 Å². The van der Waals surface area contributed by atoms with E-state index in [1.165, 1.54) is 22.5 Å². The number of nitrogens with one attached hydrogen (secondary N) is 1. The van der Waals surface area contributed by atoms with Crippen LogP contribution in [0.2, 0.25) is 0 Å². The van der Waals surface area contributed by atoms with Crippen molar-refractivity contribution < 1.29 is 4.79 Å². The van der Waals surface area contributed by atoms with Gasteiger partial charge < -0.3 is 15.5 Å². The Bertz CT molecular complexity index is 927. The summed E-state index contributed by atoms with van der Waals surface area (Å²) in [6.07, 6.45) is 2.29. The second-order valence-corrected chi connectivity index (χ2v) is 9.67. The summed E-state index contributed by atoms with van der Waals surface area (Å²) in [7, 11) is 0. The van der Waals surface area contributed by atoms with Gasteiger partial charge in [0, 0.05) is 58.7 Å². The van der Waals surface area contributed by atoms with Gasteiger partial charge >= 0.3 is 0 Å². The monoisotopic (exact) mass is 518 g/mol. The van der Waals surface area contributed by atoms with Gasteiger partial charge in [-0.25, -0.2) is 0 Å². The average molecular weight is 520 g/mol. The number of hydrogen-bond acceptors (Lipinski definition) is 3. The highest BCUT2D eigenvalue weighted by Gasteiger charge is 2.45. The molecule has 0 aromatic heterocycles. The number of halogens is 2. The first kappa shape index (κ1) is 20.4. The lowest BCUT2D eigenvalue weighted by atomic mass is 9.65. The summed E-state index contributed by atoms with van der Waals surface area (Å²) in [5.74, 6) is 0.333. The van der Waals surface area contributed by atoms with Crippen LogP contribution in [0.5, 0.6) is 0 Å². The lowest BCUT2D eigenvalue weighted by Gasteiger charge is -2.49. The smallest absolute Gasteiger partial charge is 0.219 e. The van der Waals surface area contributed by atoms with Gasteiger partial charge in [-0.2, -0.15) is 0 Å². The molecule has 0 atom stereocenters. The largest absolute Gasteiger partial charge is 0.388 e. The molecule has 1 saturated heterocycles. The second kappa shape index (κ2) is 7.76. The summed E-state index contributed by atoms with van der Waals surface area (Å²) >= 11 is 7.33. The minimum Gasteiger partial charge on any atom is -0.388 e. The Kier molecular flexibility index (Phi) is 5.46. The Morgan fingerprint density at radius 3 is 2.03 bits per heavy atom. The third-order valence-corrected chi connectivity index (χ3v) is 7.18. The van der Waals surface area contributed by atoms with Crippen molar-refractivity contribution in [3.8, 4) is 0 Å². The molecule has 152 valence electrons. The highest BCUT2D eigenvalue weighted by atomic mass is 79.9. The fourth-order valence-electron chi connectivity index (χ4n) is 4.74. The zero-order chi connectivity index (χ0) is 20.8. The lowest BCUT2D eigenvalue weighted by Crippen LogP contribution is -2.47. The van der Waals surface area contributed by atoms with Crippen molar-refractivity contribution in [2.24, 2.45) is 5.73 Å². The number of likely N-dealkylation sites (tertiary alicyclic amines) is 1. The molecular weight excluding hydrogens is 496 g/mol. The summed E-state index contributed by atoms with van der Waals surface area (Å²) in [4.78, 5) is 16.2. The molecule has 0 radical (unpaired) electrons. The number of fused-ring (bicyclic) bond motifs is 4. The number of carbonyl (C=O) groups is 1. The summed E-state index contributed by atoms with van der Waals surface area (Å²) < 4.78 is 2.10. The number of nitrogens with two attached hydrogens (primary N) is 1. The van der Waals surface area contributed by atoms with Crippen molar-refractivity contribution in [1.29, 1.82) is 5.41 Å². The van der Waals surface area contributed by atoms with Crippen LogP contribution in [0.1, 0.15) is 37.3 Å². The normalized spacial score (nSPS) is 17.1. The molecule has 3 N–H and O–H groups in total. The van der Waals surface area contributed by atoms with E-state index >= 15 is 0 Å². The summed E-state index contributed by atoms with van der Waals surface area (Å²) in [5.41, 5.74) is 10.4. The molecule has 0 saturated carbocycles. The zero-order valence-electron chi connectivity index (χ0n) is 16.3. The van der Waals surface area contributed by atoms with Gasteiger partial charge in [0.2, 0.25) is 5.91 Å². The van der Waals surface area contributed by atoms with Crippen LogP contribution in [-0.4, -0.2) is 36.3 Å². The number of anilines is 2. The molecule has 0 bridgehead atoms. The second-order valence-electron chi connectivity index (χ2n) is 7.84. The molecule has 2 aromatic rings. The minimum absolute atomic E-state index is 0.141. The van der Waals surface area contributed by atoms with E-state index in [-0.39, 0.29) is 17.2 Å². The summed E-state index contributed by atoms with van der Waals surface area (Å²) in [5, 5.41) is 7.70. The van der Waals surface area contributed by atoms with E-state index in [1.54, 1.807) is 6.92 Å². The number of amidine groups is 1.